The summed E-state index contributed by atoms with van der Waals surface area (Å²) in [6.45, 7) is 4.90. The Hall–Kier alpha value is -2.23. The summed E-state index contributed by atoms with van der Waals surface area (Å²) in [5.74, 6) is 0.745. The molecule has 7 heteroatoms. The van der Waals surface area contributed by atoms with Crippen molar-refractivity contribution in [2.24, 2.45) is 0 Å². The molecule has 0 spiro atoms. The van der Waals surface area contributed by atoms with Crippen LogP contribution in [0.3, 0.4) is 0 Å². The Morgan fingerprint density at radius 3 is 2.54 bits per heavy atom. The molecule has 0 aliphatic carbocycles. The van der Waals surface area contributed by atoms with Crippen LogP contribution in [0, 0.1) is 5.82 Å². The molecule has 1 aromatic heterocycles. The van der Waals surface area contributed by atoms with Crippen LogP contribution in [0.1, 0.15) is 5.56 Å². The maximum atomic E-state index is 13.0. The second-order valence-electron chi connectivity index (χ2n) is 5.91. The molecule has 0 bridgehead atoms. The summed E-state index contributed by atoms with van der Waals surface area (Å²) in [6.07, 6.45) is 1.56. The number of benzene rings is 2. The predicted molar refractivity (Wildman–Crippen MR) is 109 cm³/mol. The van der Waals surface area contributed by atoms with Crippen molar-refractivity contribution in [3.05, 3.63) is 71.1 Å². The molecule has 0 fully saturated rings. The zero-order valence-electron chi connectivity index (χ0n) is 14.5. The summed E-state index contributed by atoms with van der Waals surface area (Å²) in [7, 11) is -0.265. The quantitative estimate of drug-likeness (QED) is 0.584. The van der Waals surface area contributed by atoms with E-state index in [1.165, 1.54) is 17.4 Å². The highest BCUT2D eigenvalue weighted by atomic mass is 35.5. The number of nitrogens with one attached hydrogen (secondary N) is 2. The Kier molecular flexibility index (Phi) is 6.02. The Morgan fingerprint density at radius 1 is 1.08 bits per heavy atom. The van der Waals surface area contributed by atoms with Gasteiger partial charge in [-0.15, -0.1) is 0 Å². The second-order valence-corrected chi connectivity index (χ2v) is 8.58. The maximum absolute atomic E-state index is 13.0. The van der Waals surface area contributed by atoms with Crippen molar-refractivity contribution in [1.82, 2.24) is 9.97 Å². The molecule has 4 nitrogen and oxygen atoms in total. The first kappa shape index (κ1) is 18.6. The molecule has 26 heavy (non-hydrogen) atoms. The molecule has 2 N–H and O–H groups in total. The standard InChI is InChI=1S/C19H19ClFN4P/c1-26(2)17-6-4-3-5-16(17)24-18-15(20)12-23-19(25-18)22-11-13-7-9-14(21)10-8-13/h3-10,12H,11H2,1-2H3,(H2,22,23,24,25). The number of aromatic nitrogens is 2. The topological polar surface area (TPSA) is 49.8 Å². The molecule has 0 radical (unpaired) electrons. The van der Waals surface area contributed by atoms with Gasteiger partial charge >= 0.3 is 0 Å². The van der Waals surface area contributed by atoms with Gasteiger partial charge in [-0.05, 0) is 42.4 Å². The SMILES string of the molecule is CP(C)c1ccccc1Nc1nc(NCc2ccc(F)cc2)ncc1Cl. The lowest BCUT2D eigenvalue weighted by Crippen LogP contribution is -2.10. The smallest absolute Gasteiger partial charge is 0.224 e. The molecule has 2 aromatic carbocycles. The summed E-state index contributed by atoms with van der Waals surface area (Å²) in [5, 5.41) is 8.14. The number of para-hydroxylation sites is 1. The average Bonchev–Trinajstić information content (AvgIpc) is 2.64. The zero-order chi connectivity index (χ0) is 18.5. The molecule has 0 atom stereocenters. The van der Waals surface area contributed by atoms with Crippen molar-refractivity contribution in [2.45, 2.75) is 6.54 Å². The third kappa shape index (κ3) is 4.69. The average molecular weight is 389 g/mol. The lowest BCUT2D eigenvalue weighted by molar-refractivity contribution is 0.627. The predicted octanol–water partition coefficient (Wildman–Crippen LogP) is 4.99. The zero-order valence-corrected chi connectivity index (χ0v) is 16.2. The molecular weight excluding hydrogens is 370 g/mol. The fourth-order valence-electron chi connectivity index (χ4n) is 2.42. The van der Waals surface area contributed by atoms with Crippen molar-refractivity contribution in [2.75, 3.05) is 24.0 Å². The van der Waals surface area contributed by atoms with Crippen LogP contribution in [0.15, 0.2) is 54.7 Å². The van der Waals surface area contributed by atoms with E-state index in [1.54, 1.807) is 18.3 Å². The summed E-state index contributed by atoms with van der Waals surface area (Å²) >= 11 is 6.26. The van der Waals surface area contributed by atoms with E-state index in [4.69, 9.17) is 11.6 Å². The lowest BCUT2D eigenvalue weighted by Gasteiger charge is -2.15. The van der Waals surface area contributed by atoms with Gasteiger partial charge in [0, 0.05) is 12.2 Å². The third-order valence-corrected chi connectivity index (χ3v) is 5.38. The van der Waals surface area contributed by atoms with E-state index in [9.17, 15) is 4.39 Å². The van der Waals surface area contributed by atoms with Crippen LogP contribution in [0.5, 0.6) is 0 Å². The number of hydrogen-bond donors (Lipinski definition) is 2. The number of hydrogen-bond acceptors (Lipinski definition) is 4. The molecule has 0 amide bonds. The van der Waals surface area contributed by atoms with Crippen molar-refractivity contribution < 1.29 is 4.39 Å². The van der Waals surface area contributed by atoms with Crippen molar-refractivity contribution in [1.29, 1.82) is 0 Å². The van der Waals surface area contributed by atoms with Crippen LogP contribution in [0.4, 0.5) is 21.8 Å². The van der Waals surface area contributed by atoms with Gasteiger partial charge in [-0.1, -0.05) is 49.9 Å². The van der Waals surface area contributed by atoms with Crippen LogP contribution in [0.25, 0.3) is 0 Å². The molecule has 134 valence electrons. The number of rotatable bonds is 6. The molecule has 0 saturated heterocycles. The number of halogens is 2. The highest BCUT2D eigenvalue weighted by Crippen LogP contribution is 2.30. The van der Waals surface area contributed by atoms with Gasteiger partial charge < -0.3 is 10.6 Å². The third-order valence-electron chi connectivity index (χ3n) is 3.75. The van der Waals surface area contributed by atoms with Crippen LogP contribution in [-0.2, 0) is 6.54 Å². The first-order valence-electron chi connectivity index (χ1n) is 8.07. The maximum Gasteiger partial charge on any atom is 0.224 e. The highest BCUT2D eigenvalue weighted by molar-refractivity contribution is 7.64. The first-order chi connectivity index (χ1) is 12.5. The van der Waals surface area contributed by atoms with Gasteiger partial charge in [0.05, 0.1) is 6.20 Å². The second kappa shape index (κ2) is 8.43. The van der Waals surface area contributed by atoms with Crippen molar-refractivity contribution >= 4 is 42.3 Å². The van der Waals surface area contributed by atoms with E-state index in [2.05, 4.69) is 40.0 Å². The van der Waals surface area contributed by atoms with Gasteiger partial charge in [0.15, 0.2) is 5.82 Å². The first-order valence-corrected chi connectivity index (χ1v) is 10.7. The number of anilines is 3. The number of nitrogens with zero attached hydrogens (tertiary/aromatic N) is 2. The molecule has 0 aliphatic heterocycles. The van der Waals surface area contributed by atoms with Crippen molar-refractivity contribution in [3.63, 3.8) is 0 Å². The fourth-order valence-corrected chi connectivity index (χ4v) is 3.55. The minimum atomic E-state index is -0.265. The van der Waals surface area contributed by atoms with Crippen LogP contribution in [-0.4, -0.2) is 23.3 Å². The molecule has 3 aromatic rings. The Morgan fingerprint density at radius 2 is 1.81 bits per heavy atom. The van der Waals surface area contributed by atoms with Crippen LogP contribution < -0.4 is 15.9 Å². The summed E-state index contributed by atoms with van der Waals surface area (Å²) in [5.41, 5.74) is 1.93. The Bertz CT molecular complexity index is 887. The van der Waals surface area contributed by atoms with E-state index < -0.39 is 0 Å². The molecule has 0 aliphatic rings. The summed E-state index contributed by atoms with van der Waals surface area (Å²) in [6, 6.07) is 14.4. The van der Waals surface area contributed by atoms with Gasteiger partial charge in [0.2, 0.25) is 5.95 Å². The minimum Gasteiger partial charge on any atom is -0.350 e. The van der Waals surface area contributed by atoms with Gasteiger partial charge in [-0.25, -0.2) is 9.37 Å². The summed E-state index contributed by atoms with van der Waals surface area (Å²) < 4.78 is 13.0. The monoisotopic (exact) mass is 388 g/mol. The van der Waals surface area contributed by atoms with E-state index in [-0.39, 0.29) is 13.7 Å². The van der Waals surface area contributed by atoms with Gasteiger partial charge in [0.1, 0.15) is 10.8 Å². The lowest BCUT2D eigenvalue weighted by atomic mass is 10.2. The summed E-state index contributed by atoms with van der Waals surface area (Å²) in [4.78, 5) is 8.68. The Balaban J connectivity index is 1.76. The van der Waals surface area contributed by atoms with Crippen LogP contribution in [0.2, 0.25) is 5.02 Å². The molecule has 0 unspecified atom stereocenters. The Labute approximate surface area is 158 Å². The molecular formula is C19H19ClFN4P. The van der Waals surface area contributed by atoms with Gasteiger partial charge in [0.25, 0.3) is 0 Å². The molecule has 1 heterocycles. The van der Waals surface area contributed by atoms with E-state index in [0.717, 1.165) is 11.3 Å². The molecule has 0 saturated carbocycles. The largest absolute Gasteiger partial charge is 0.350 e. The normalized spacial score (nSPS) is 10.8. The van der Waals surface area contributed by atoms with Gasteiger partial charge in [-0.2, -0.15) is 4.98 Å². The molecule has 3 rings (SSSR count). The van der Waals surface area contributed by atoms with Crippen LogP contribution >= 0.6 is 19.5 Å². The van der Waals surface area contributed by atoms with E-state index in [0.29, 0.717) is 23.3 Å². The van der Waals surface area contributed by atoms with E-state index >= 15 is 0 Å². The van der Waals surface area contributed by atoms with Gasteiger partial charge in [-0.3, -0.25) is 0 Å². The fraction of sp³-hybridized carbons (Fsp3) is 0.158. The highest BCUT2D eigenvalue weighted by Gasteiger charge is 2.10. The minimum absolute atomic E-state index is 0.256. The van der Waals surface area contributed by atoms with E-state index in [1.807, 2.05) is 18.2 Å². The van der Waals surface area contributed by atoms with Crippen molar-refractivity contribution in [3.8, 4) is 0 Å².